The van der Waals surface area contributed by atoms with Gasteiger partial charge in [0.15, 0.2) is 11.5 Å². The van der Waals surface area contributed by atoms with E-state index in [0.717, 1.165) is 49.5 Å². The van der Waals surface area contributed by atoms with E-state index in [-0.39, 0.29) is 18.3 Å². The summed E-state index contributed by atoms with van der Waals surface area (Å²) in [4.78, 5) is 17.5. The number of fused-ring (bicyclic) bond motifs is 1. The minimum atomic E-state index is -0.121. The Kier molecular flexibility index (Phi) is 7.19. The fourth-order valence-electron chi connectivity index (χ4n) is 4.58. The maximum Gasteiger partial charge on any atom is 0.161 e. The number of aromatic nitrogens is 1. The van der Waals surface area contributed by atoms with E-state index in [0.29, 0.717) is 5.69 Å². The highest BCUT2D eigenvalue weighted by Gasteiger charge is 2.30. The summed E-state index contributed by atoms with van der Waals surface area (Å²) < 4.78 is 11.1. The van der Waals surface area contributed by atoms with Gasteiger partial charge in [0.25, 0.3) is 0 Å². The van der Waals surface area contributed by atoms with Gasteiger partial charge in [-0.3, -0.25) is 9.88 Å². The predicted octanol–water partition coefficient (Wildman–Crippen LogP) is 4.65. The smallest absolute Gasteiger partial charge is 0.161 e. The van der Waals surface area contributed by atoms with Gasteiger partial charge in [0.1, 0.15) is 18.0 Å². The molecule has 2 aromatic carbocycles. The zero-order valence-corrected chi connectivity index (χ0v) is 19.0. The Morgan fingerprint density at radius 3 is 2.58 bits per heavy atom. The van der Waals surface area contributed by atoms with E-state index in [2.05, 4.69) is 51.5 Å². The van der Waals surface area contributed by atoms with Crippen molar-refractivity contribution in [2.24, 2.45) is 5.18 Å². The van der Waals surface area contributed by atoms with E-state index in [9.17, 15) is 10.0 Å². The van der Waals surface area contributed by atoms with E-state index in [1.54, 1.807) is 26.4 Å². The first-order valence-corrected chi connectivity index (χ1v) is 11.1. The summed E-state index contributed by atoms with van der Waals surface area (Å²) in [5.41, 5.74) is 4.95. The first-order valence-electron chi connectivity index (χ1n) is 11.1. The highest BCUT2D eigenvalue weighted by Crippen LogP contribution is 2.41. The first-order chi connectivity index (χ1) is 16.1. The zero-order chi connectivity index (χ0) is 23.2. The minimum absolute atomic E-state index is 0.0134. The molecular weight excluding hydrogens is 418 g/mol. The van der Waals surface area contributed by atoms with Crippen LogP contribution in [0, 0.1) is 4.91 Å². The molecule has 0 aliphatic carbocycles. The van der Waals surface area contributed by atoms with Crippen LogP contribution < -0.4 is 9.47 Å². The van der Waals surface area contributed by atoms with Crippen molar-refractivity contribution >= 4 is 0 Å². The van der Waals surface area contributed by atoms with Crippen LogP contribution in [0.5, 0.6) is 17.2 Å². The van der Waals surface area contributed by atoms with Crippen LogP contribution in [0.25, 0.3) is 0 Å². The quantitative estimate of drug-likeness (QED) is 0.481. The second-order valence-corrected chi connectivity index (χ2v) is 8.16. The number of nitroso groups, excluding NO2 is 1. The lowest BCUT2D eigenvalue weighted by atomic mass is 9.87. The van der Waals surface area contributed by atoms with Crippen LogP contribution in [0.4, 0.5) is 0 Å². The number of pyridine rings is 1. The summed E-state index contributed by atoms with van der Waals surface area (Å²) >= 11 is 0. The molecule has 7 heteroatoms. The van der Waals surface area contributed by atoms with Gasteiger partial charge < -0.3 is 14.6 Å². The van der Waals surface area contributed by atoms with Gasteiger partial charge in [-0.2, -0.15) is 4.91 Å². The number of aryl methyl sites for hydroxylation is 1. The molecule has 3 aromatic rings. The third kappa shape index (κ3) is 4.98. The maximum absolute atomic E-state index is 10.6. The summed E-state index contributed by atoms with van der Waals surface area (Å²) in [7, 11) is 3.34. The molecule has 1 aliphatic rings. The molecule has 0 saturated heterocycles. The fraction of sp³-hybridized carbons (Fsp3) is 0.346. The SMILES string of the molecule is COc1cc2c(cc1OC)C(c1ccccc1)N(CCCc1ccc(O)c(CN=O)n1)CC2. The average Bonchev–Trinajstić information content (AvgIpc) is 2.85. The van der Waals surface area contributed by atoms with Gasteiger partial charge in [0.05, 0.1) is 20.3 Å². The van der Waals surface area contributed by atoms with E-state index in [4.69, 9.17) is 9.47 Å². The van der Waals surface area contributed by atoms with Gasteiger partial charge >= 0.3 is 0 Å². The lowest BCUT2D eigenvalue weighted by Gasteiger charge is -2.38. The fourth-order valence-corrected chi connectivity index (χ4v) is 4.58. The van der Waals surface area contributed by atoms with Crippen LogP contribution in [0.3, 0.4) is 0 Å². The van der Waals surface area contributed by atoms with Crippen molar-refractivity contribution in [2.45, 2.75) is 31.8 Å². The molecule has 1 unspecified atom stereocenters. The highest BCUT2D eigenvalue weighted by molar-refractivity contribution is 5.51. The average molecular weight is 448 g/mol. The monoisotopic (exact) mass is 447 g/mol. The Bertz CT molecular complexity index is 1100. The number of benzene rings is 2. The van der Waals surface area contributed by atoms with Gasteiger partial charge in [-0.15, -0.1) is 0 Å². The van der Waals surface area contributed by atoms with Crippen molar-refractivity contribution in [3.8, 4) is 17.2 Å². The molecule has 33 heavy (non-hydrogen) atoms. The van der Waals surface area contributed by atoms with Crippen LogP contribution in [0.2, 0.25) is 0 Å². The van der Waals surface area contributed by atoms with E-state index >= 15 is 0 Å². The molecule has 0 bridgehead atoms. The lowest BCUT2D eigenvalue weighted by molar-refractivity contribution is 0.209. The van der Waals surface area contributed by atoms with E-state index in [1.807, 2.05) is 6.07 Å². The number of hydrogen-bond donors (Lipinski definition) is 1. The van der Waals surface area contributed by atoms with Crippen LogP contribution in [-0.2, 0) is 19.4 Å². The Balaban J connectivity index is 1.57. The van der Waals surface area contributed by atoms with E-state index in [1.165, 1.54) is 16.7 Å². The first kappa shape index (κ1) is 22.7. The van der Waals surface area contributed by atoms with Crippen LogP contribution in [0.15, 0.2) is 59.8 Å². The molecule has 0 fully saturated rings. The second kappa shape index (κ2) is 10.4. The maximum atomic E-state index is 10.6. The number of hydrogen-bond acceptors (Lipinski definition) is 7. The molecule has 0 radical (unpaired) electrons. The molecule has 7 nitrogen and oxygen atoms in total. The molecule has 1 atom stereocenters. The molecule has 0 saturated carbocycles. The van der Waals surface area contributed by atoms with Crippen LogP contribution in [-0.4, -0.2) is 42.3 Å². The third-order valence-corrected chi connectivity index (χ3v) is 6.19. The molecule has 1 aromatic heterocycles. The molecular formula is C26H29N3O4. The topological polar surface area (TPSA) is 84.3 Å². The third-order valence-electron chi connectivity index (χ3n) is 6.19. The van der Waals surface area contributed by atoms with E-state index < -0.39 is 0 Å². The van der Waals surface area contributed by atoms with Crippen molar-refractivity contribution in [3.05, 3.63) is 87.6 Å². The van der Waals surface area contributed by atoms with Crippen molar-refractivity contribution in [2.75, 3.05) is 27.3 Å². The number of rotatable bonds is 9. The number of nitrogens with zero attached hydrogens (tertiary/aromatic N) is 3. The minimum Gasteiger partial charge on any atom is -0.506 e. The normalized spacial score (nSPS) is 15.6. The van der Waals surface area contributed by atoms with Gasteiger partial charge in [-0.25, -0.2) is 0 Å². The summed E-state index contributed by atoms with van der Waals surface area (Å²) in [5.74, 6) is 1.51. The summed E-state index contributed by atoms with van der Waals surface area (Å²) in [5, 5.41) is 12.7. The van der Waals surface area contributed by atoms with Crippen molar-refractivity contribution < 1.29 is 14.6 Å². The molecule has 1 aliphatic heterocycles. The lowest BCUT2D eigenvalue weighted by Crippen LogP contribution is -2.37. The summed E-state index contributed by atoms with van der Waals surface area (Å²) in [6, 6.07) is 18.3. The molecule has 2 heterocycles. The predicted molar refractivity (Wildman–Crippen MR) is 127 cm³/mol. The van der Waals surface area contributed by atoms with Crippen LogP contribution >= 0.6 is 0 Å². The Morgan fingerprint density at radius 2 is 1.85 bits per heavy atom. The number of ether oxygens (including phenoxy) is 2. The molecule has 4 rings (SSSR count). The standard InChI is InChI=1S/C26H29N3O4/c1-32-24-15-19-12-14-29(13-6-9-20-10-11-23(30)22(28-20)17-27-31)26(18-7-4-3-5-8-18)21(19)16-25(24)33-2/h3-5,7-8,10-11,15-16,26,30H,6,9,12-14,17H2,1-2H3. The van der Waals surface area contributed by atoms with Crippen LogP contribution in [0.1, 0.15) is 40.5 Å². The Labute approximate surface area is 194 Å². The second-order valence-electron chi connectivity index (χ2n) is 8.16. The van der Waals surface area contributed by atoms with Crippen molar-refractivity contribution in [1.82, 2.24) is 9.88 Å². The Hall–Kier alpha value is -3.45. The van der Waals surface area contributed by atoms with Crippen molar-refractivity contribution in [1.29, 1.82) is 0 Å². The summed E-state index contributed by atoms with van der Waals surface area (Å²) in [6.45, 7) is 1.70. The molecule has 0 amide bonds. The van der Waals surface area contributed by atoms with Gasteiger partial charge in [-0.1, -0.05) is 35.5 Å². The van der Waals surface area contributed by atoms with Crippen molar-refractivity contribution in [3.63, 3.8) is 0 Å². The number of aromatic hydroxyl groups is 1. The van der Waals surface area contributed by atoms with Gasteiger partial charge in [-0.05, 0) is 66.8 Å². The summed E-state index contributed by atoms with van der Waals surface area (Å²) in [6.07, 6.45) is 2.59. The highest BCUT2D eigenvalue weighted by atomic mass is 16.5. The molecule has 172 valence electrons. The van der Waals surface area contributed by atoms with Gasteiger partial charge in [0, 0.05) is 12.2 Å². The number of methoxy groups -OCH3 is 2. The molecule has 0 spiro atoms. The largest absolute Gasteiger partial charge is 0.506 e. The Morgan fingerprint density at radius 1 is 1.09 bits per heavy atom. The van der Waals surface area contributed by atoms with Gasteiger partial charge in [0.2, 0.25) is 0 Å². The zero-order valence-electron chi connectivity index (χ0n) is 19.0. The molecule has 1 N–H and O–H groups in total.